The van der Waals surface area contributed by atoms with E-state index in [4.69, 9.17) is 14.5 Å². The number of hydrogen-bond acceptors (Lipinski definition) is 6. The summed E-state index contributed by atoms with van der Waals surface area (Å²) in [6, 6.07) is 2.09. The van der Waals surface area contributed by atoms with Crippen LogP contribution in [0.4, 0.5) is 5.95 Å². The number of nitrogens with zero attached hydrogens (tertiary/aromatic N) is 3. The van der Waals surface area contributed by atoms with Gasteiger partial charge in [-0.15, -0.1) is 0 Å². The molecule has 1 spiro atoms. The van der Waals surface area contributed by atoms with E-state index in [1.807, 2.05) is 6.20 Å². The van der Waals surface area contributed by atoms with E-state index >= 15 is 0 Å². The number of morpholine rings is 1. The first-order chi connectivity index (χ1) is 11.3. The summed E-state index contributed by atoms with van der Waals surface area (Å²) < 4.78 is 11.8. The Hall–Kier alpha value is -1.24. The predicted molar refractivity (Wildman–Crippen MR) is 87.8 cm³/mol. The molecule has 6 nitrogen and oxygen atoms in total. The van der Waals surface area contributed by atoms with Gasteiger partial charge in [0.25, 0.3) is 0 Å². The van der Waals surface area contributed by atoms with Crippen LogP contribution in [0.1, 0.15) is 37.3 Å². The smallest absolute Gasteiger partial charge is 0.225 e. The molecule has 6 heteroatoms. The first-order valence-corrected chi connectivity index (χ1v) is 8.85. The summed E-state index contributed by atoms with van der Waals surface area (Å²) >= 11 is 0. The van der Waals surface area contributed by atoms with Crippen LogP contribution in [0.5, 0.6) is 0 Å². The lowest BCUT2D eigenvalue weighted by atomic mass is 10.0. The summed E-state index contributed by atoms with van der Waals surface area (Å²) in [5, 5.41) is 3.42. The predicted octanol–water partition coefficient (Wildman–Crippen LogP) is 1.33. The zero-order valence-corrected chi connectivity index (χ0v) is 13.7. The van der Waals surface area contributed by atoms with Crippen molar-refractivity contribution in [1.29, 1.82) is 0 Å². The number of rotatable bonds is 2. The highest BCUT2D eigenvalue weighted by atomic mass is 16.5. The Bertz CT molecular complexity index is 525. The monoisotopic (exact) mass is 318 g/mol. The van der Waals surface area contributed by atoms with Crippen LogP contribution < -0.4 is 10.2 Å². The zero-order chi connectivity index (χ0) is 15.5. The van der Waals surface area contributed by atoms with Crippen LogP contribution in [0.3, 0.4) is 0 Å². The first kappa shape index (κ1) is 15.3. The Morgan fingerprint density at radius 3 is 3.09 bits per heavy atom. The molecule has 1 atom stereocenters. The number of ether oxygens (including phenoxy) is 2. The molecule has 3 aliphatic rings. The zero-order valence-electron chi connectivity index (χ0n) is 13.7. The van der Waals surface area contributed by atoms with Crippen molar-refractivity contribution in [2.45, 2.75) is 37.2 Å². The molecular weight excluding hydrogens is 292 g/mol. The van der Waals surface area contributed by atoms with E-state index in [9.17, 15) is 0 Å². The van der Waals surface area contributed by atoms with Gasteiger partial charge in [0.1, 0.15) is 5.60 Å². The number of aromatic nitrogens is 2. The van der Waals surface area contributed by atoms with Gasteiger partial charge >= 0.3 is 0 Å². The molecule has 1 aliphatic carbocycles. The summed E-state index contributed by atoms with van der Waals surface area (Å²) in [5.74, 6) is 1.47. The third-order valence-corrected chi connectivity index (χ3v) is 5.20. The molecule has 23 heavy (non-hydrogen) atoms. The third kappa shape index (κ3) is 3.34. The lowest BCUT2D eigenvalue weighted by Gasteiger charge is -2.41. The van der Waals surface area contributed by atoms with Crippen LogP contribution in [0.25, 0.3) is 0 Å². The van der Waals surface area contributed by atoms with Gasteiger partial charge in [0.05, 0.1) is 26.4 Å². The molecule has 0 aromatic carbocycles. The van der Waals surface area contributed by atoms with Gasteiger partial charge in [0, 0.05) is 37.4 Å². The van der Waals surface area contributed by atoms with Crippen LogP contribution in [0.15, 0.2) is 12.3 Å². The standard InChI is InChI=1S/C17H26N4O2/c1-2-4-14(3-1)15-5-6-19-16(20-15)21-8-10-23-17(12-21)11-18-7-9-22-13-17/h5-6,14,18H,1-4,7-13H2. The average Bonchev–Trinajstić information content (AvgIpc) is 3.05. The third-order valence-electron chi connectivity index (χ3n) is 5.20. The molecule has 0 radical (unpaired) electrons. The number of anilines is 1. The lowest BCUT2D eigenvalue weighted by molar-refractivity contribution is -0.0915. The second kappa shape index (κ2) is 6.71. The average molecular weight is 318 g/mol. The van der Waals surface area contributed by atoms with Crippen LogP contribution >= 0.6 is 0 Å². The van der Waals surface area contributed by atoms with Crippen LogP contribution in [-0.4, -0.2) is 61.6 Å². The van der Waals surface area contributed by atoms with E-state index in [2.05, 4.69) is 21.3 Å². The highest BCUT2D eigenvalue weighted by molar-refractivity contribution is 5.33. The van der Waals surface area contributed by atoms with E-state index in [-0.39, 0.29) is 5.60 Å². The fourth-order valence-electron chi connectivity index (χ4n) is 3.94. The second-order valence-corrected chi connectivity index (χ2v) is 6.95. The lowest BCUT2D eigenvalue weighted by Crippen LogP contribution is -2.58. The number of nitrogens with one attached hydrogen (secondary N) is 1. The molecule has 1 N–H and O–H groups in total. The van der Waals surface area contributed by atoms with Crippen molar-refractivity contribution in [3.05, 3.63) is 18.0 Å². The van der Waals surface area contributed by atoms with E-state index in [1.54, 1.807) is 0 Å². The molecule has 4 rings (SSSR count). The molecule has 1 aromatic rings. The van der Waals surface area contributed by atoms with Crippen molar-refractivity contribution in [3.63, 3.8) is 0 Å². The van der Waals surface area contributed by atoms with Gasteiger partial charge < -0.3 is 19.7 Å². The molecule has 0 amide bonds. The molecule has 3 heterocycles. The minimum atomic E-state index is -0.276. The Balaban J connectivity index is 1.51. The van der Waals surface area contributed by atoms with Gasteiger partial charge in [-0.2, -0.15) is 0 Å². The minimum Gasteiger partial charge on any atom is -0.377 e. The molecule has 1 aromatic heterocycles. The largest absolute Gasteiger partial charge is 0.377 e. The topological polar surface area (TPSA) is 59.5 Å². The van der Waals surface area contributed by atoms with Gasteiger partial charge in [-0.05, 0) is 18.9 Å². The molecule has 2 aliphatic heterocycles. The van der Waals surface area contributed by atoms with Crippen molar-refractivity contribution in [2.24, 2.45) is 0 Å². The summed E-state index contributed by atoms with van der Waals surface area (Å²) in [4.78, 5) is 11.7. The fraction of sp³-hybridized carbons (Fsp3) is 0.765. The summed E-state index contributed by atoms with van der Waals surface area (Å²) in [6.45, 7) is 5.42. The molecule has 3 fully saturated rings. The molecular formula is C17H26N4O2. The van der Waals surface area contributed by atoms with Crippen molar-refractivity contribution in [3.8, 4) is 0 Å². The minimum absolute atomic E-state index is 0.276. The van der Waals surface area contributed by atoms with Gasteiger partial charge in [0.15, 0.2) is 0 Å². The molecule has 126 valence electrons. The highest BCUT2D eigenvalue weighted by Crippen LogP contribution is 2.33. The van der Waals surface area contributed by atoms with Crippen molar-refractivity contribution in [2.75, 3.05) is 50.9 Å². The Labute approximate surface area is 137 Å². The van der Waals surface area contributed by atoms with Crippen molar-refractivity contribution in [1.82, 2.24) is 15.3 Å². The maximum atomic E-state index is 6.08. The Kier molecular flexibility index (Phi) is 4.46. The Morgan fingerprint density at radius 1 is 1.26 bits per heavy atom. The van der Waals surface area contributed by atoms with Crippen LogP contribution in [0.2, 0.25) is 0 Å². The van der Waals surface area contributed by atoms with E-state index in [0.29, 0.717) is 19.1 Å². The summed E-state index contributed by atoms with van der Waals surface area (Å²) in [5.41, 5.74) is 0.935. The van der Waals surface area contributed by atoms with E-state index < -0.39 is 0 Å². The van der Waals surface area contributed by atoms with E-state index in [1.165, 1.54) is 31.4 Å². The van der Waals surface area contributed by atoms with E-state index in [0.717, 1.165) is 38.7 Å². The maximum Gasteiger partial charge on any atom is 0.225 e. The first-order valence-electron chi connectivity index (χ1n) is 8.85. The van der Waals surface area contributed by atoms with Gasteiger partial charge in [-0.3, -0.25) is 0 Å². The number of hydrogen-bond donors (Lipinski definition) is 1. The van der Waals surface area contributed by atoms with Crippen molar-refractivity contribution >= 4 is 5.95 Å². The van der Waals surface area contributed by atoms with Crippen LogP contribution in [-0.2, 0) is 9.47 Å². The van der Waals surface area contributed by atoms with Gasteiger partial charge in [-0.25, -0.2) is 9.97 Å². The summed E-state index contributed by atoms with van der Waals surface area (Å²) in [6.07, 6.45) is 7.10. The van der Waals surface area contributed by atoms with Gasteiger partial charge in [0.2, 0.25) is 5.95 Å². The summed E-state index contributed by atoms with van der Waals surface area (Å²) in [7, 11) is 0. The maximum absolute atomic E-state index is 6.08. The molecule has 1 unspecified atom stereocenters. The molecule has 2 saturated heterocycles. The van der Waals surface area contributed by atoms with Crippen LogP contribution in [0, 0.1) is 0 Å². The molecule has 0 bridgehead atoms. The second-order valence-electron chi connectivity index (χ2n) is 6.95. The Morgan fingerprint density at radius 2 is 2.17 bits per heavy atom. The fourth-order valence-corrected chi connectivity index (χ4v) is 3.94. The quantitative estimate of drug-likeness (QED) is 0.888. The van der Waals surface area contributed by atoms with Crippen molar-refractivity contribution < 1.29 is 9.47 Å². The molecule has 1 saturated carbocycles. The SMILES string of the molecule is c1cc(C2CCCC2)nc(N2CCOC3(CNCCOC3)C2)n1. The normalized spacial score (nSPS) is 29.8. The van der Waals surface area contributed by atoms with Gasteiger partial charge in [-0.1, -0.05) is 12.8 Å². The highest BCUT2D eigenvalue weighted by Gasteiger charge is 2.39.